The Labute approximate surface area is 113 Å². The van der Waals surface area contributed by atoms with Crippen LogP contribution in [-0.2, 0) is 10.3 Å². The van der Waals surface area contributed by atoms with Gasteiger partial charge in [0.05, 0.1) is 19.8 Å². The Bertz CT molecular complexity index is 541. The summed E-state index contributed by atoms with van der Waals surface area (Å²) in [6.07, 6.45) is 4.58. The molecule has 2 rings (SSSR count). The number of rotatable bonds is 4. The molecule has 1 aromatic rings. The van der Waals surface area contributed by atoms with Gasteiger partial charge in [0.1, 0.15) is 0 Å². The molecule has 0 saturated heterocycles. The van der Waals surface area contributed by atoms with Gasteiger partial charge in [-0.25, -0.2) is 4.79 Å². The van der Waals surface area contributed by atoms with Gasteiger partial charge in [0, 0.05) is 0 Å². The maximum Gasteiger partial charge on any atom is 0.235 e. The number of hydrogen-bond acceptors (Lipinski definition) is 4. The first kappa shape index (κ1) is 13.6. The molecule has 1 aromatic carbocycles. The van der Waals surface area contributed by atoms with E-state index in [1.165, 1.54) is 0 Å². The van der Waals surface area contributed by atoms with Crippen LogP contribution in [0.1, 0.15) is 36.0 Å². The van der Waals surface area contributed by atoms with Crippen molar-refractivity contribution in [3.05, 3.63) is 22.8 Å². The van der Waals surface area contributed by atoms with Crippen molar-refractivity contribution in [2.24, 2.45) is 4.99 Å². The van der Waals surface area contributed by atoms with Crippen molar-refractivity contribution >= 4 is 6.08 Å². The van der Waals surface area contributed by atoms with Gasteiger partial charge in [-0.2, -0.15) is 4.99 Å². The van der Waals surface area contributed by atoms with Gasteiger partial charge in [-0.15, -0.1) is 0 Å². The van der Waals surface area contributed by atoms with E-state index in [0.29, 0.717) is 5.75 Å². The standard InChI is InChI=1S/C15H19NO3/c1-10-11(2)14(19-4)13(18-3)8-12(10)15(16-9-17)6-5-7-15/h8H,5-7H2,1-4H3. The van der Waals surface area contributed by atoms with Crippen molar-refractivity contribution in [3.63, 3.8) is 0 Å². The second kappa shape index (κ2) is 5.06. The number of ether oxygens (including phenoxy) is 2. The molecule has 19 heavy (non-hydrogen) atoms. The topological polar surface area (TPSA) is 47.9 Å². The lowest BCUT2D eigenvalue weighted by Gasteiger charge is -2.39. The highest BCUT2D eigenvalue weighted by atomic mass is 16.5. The molecule has 1 aliphatic rings. The van der Waals surface area contributed by atoms with Gasteiger partial charge < -0.3 is 9.47 Å². The number of hydrogen-bond donors (Lipinski definition) is 0. The molecular weight excluding hydrogens is 242 g/mol. The highest BCUT2D eigenvalue weighted by Gasteiger charge is 2.41. The third-order valence-electron chi connectivity index (χ3n) is 4.17. The fraction of sp³-hybridized carbons (Fsp3) is 0.533. The molecule has 1 saturated carbocycles. The van der Waals surface area contributed by atoms with Crippen molar-refractivity contribution in [3.8, 4) is 11.5 Å². The maximum atomic E-state index is 10.7. The van der Waals surface area contributed by atoms with Crippen molar-refractivity contribution < 1.29 is 14.3 Å². The highest BCUT2D eigenvalue weighted by Crippen LogP contribution is 2.49. The lowest BCUT2D eigenvalue weighted by molar-refractivity contribution is 0.252. The Kier molecular flexibility index (Phi) is 3.63. The van der Waals surface area contributed by atoms with E-state index in [9.17, 15) is 4.79 Å². The molecule has 0 heterocycles. The zero-order valence-corrected chi connectivity index (χ0v) is 11.9. The van der Waals surface area contributed by atoms with E-state index in [1.54, 1.807) is 20.3 Å². The van der Waals surface area contributed by atoms with E-state index >= 15 is 0 Å². The van der Waals surface area contributed by atoms with Gasteiger partial charge in [-0.3, -0.25) is 0 Å². The first-order valence-corrected chi connectivity index (χ1v) is 6.41. The van der Waals surface area contributed by atoms with Gasteiger partial charge >= 0.3 is 0 Å². The molecule has 0 atom stereocenters. The summed E-state index contributed by atoms with van der Waals surface area (Å²) in [6, 6.07) is 1.95. The summed E-state index contributed by atoms with van der Waals surface area (Å²) in [5, 5.41) is 0. The second-order valence-electron chi connectivity index (χ2n) is 5.00. The summed E-state index contributed by atoms with van der Waals surface area (Å²) >= 11 is 0. The van der Waals surface area contributed by atoms with E-state index < -0.39 is 5.54 Å². The van der Waals surface area contributed by atoms with Gasteiger partial charge in [0.15, 0.2) is 11.5 Å². The Morgan fingerprint density at radius 3 is 2.32 bits per heavy atom. The summed E-state index contributed by atoms with van der Waals surface area (Å²) in [7, 11) is 3.25. The molecule has 0 aliphatic heterocycles. The first-order chi connectivity index (χ1) is 9.09. The Morgan fingerprint density at radius 2 is 1.89 bits per heavy atom. The molecule has 4 nitrogen and oxygen atoms in total. The summed E-state index contributed by atoms with van der Waals surface area (Å²) in [4.78, 5) is 14.8. The number of benzene rings is 1. The predicted molar refractivity (Wildman–Crippen MR) is 72.7 cm³/mol. The van der Waals surface area contributed by atoms with Gasteiger partial charge in [0.25, 0.3) is 0 Å². The SMILES string of the molecule is COc1cc(C2(N=C=O)CCC2)c(C)c(C)c1OC. The predicted octanol–water partition coefficient (Wildman–Crippen LogP) is 3.04. The molecular formula is C15H19NO3. The van der Waals surface area contributed by atoms with E-state index in [-0.39, 0.29) is 0 Å². The molecule has 102 valence electrons. The minimum absolute atomic E-state index is 0.407. The van der Waals surface area contributed by atoms with Crippen LogP contribution in [0.3, 0.4) is 0 Å². The highest BCUT2D eigenvalue weighted by molar-refractivity contribution is 5.56. The molecule has 0 amide bonds. The van der Waals surface area contributed by atoms with Crippen LogP contribution in [0.4, 0.5) is 0 Å². The van der Waals surface area contributed by atoms with Gasteiger partial charge in [0.2, 0.25) is 6.08 Å². The minimum atomic E-state index is -0.407. The first-order valence-electron chi connectivity index (χ1n) is 6.41. The fourth-order valence-electron chi connectivity index (χ4n) is 2.79. The van der Waals surface area contributed by atoms with Crippen LogP contribution in [0, 0.1) is 13.8 Å². The van der Waals surface area contributed by atoms with Crippen LogP contribution in [0.5, 0.6) is 11.5 Å². The van der Waals surface area contributed by atoms with Gasteiger partial charge in [-0.1, -0.05) is 0 Å². The summed E-state index contributed by atoms with van der Waals surface area (Å²) in [5.41, 5.74) is 2.79. The molecule has 1 aliphatic carbocycles. The number of methoxy groups -OCH3 is 2. The van der Waals surface area contributed by atoms with Crippen molar-refractivity contribution in [2.75, 3.05) is 14.2 Å². The Balaban J connectivity index is 2.64. The summed E-state index contributed by atoms with van der Waals surface area (Å²) in [6.45, 7) is 4.03. The average Bonchev–Trinajstić information content (AvgIpc) is 2.37. The van der Waals surface area contributed by atoms with E-state index in [2.05, 4.69) is 4.99 Å². The van der Waals surface area contributed by atoms with Crippen molar-refractivity contribution in [2.45, 2.75) is 38.6 Å². The van der Waals surface area contributed by atoms with E-state index in [1.807, 2.05) is 19.9 Å². The largest absolute Gasteiger partial charge is 0.493 e. The fourth-order valence-corrected chi connectivity index (χ4v) is 2.79. The third kappa shape index (κ3) is 2.02. The van der Waals surface area contributed by atoms with E-state index in [4.69, 9.17) is 9.47 Å². The Morgan fingerprint density at radius 1 is 1.21 bits per heavy atom. The molecule has 0 unspecified atom stereocenters. The average molecular weight is 261 g/mol. The number of aliphatic imine (C=N–C) groups is 1. The molecule has 0 bridgehead atoms. The van der Waals surface area contributed by atoms with Crippen LogP contribution in [0.15, 0.2) is 11.1 Å². The quantitative estimate of drug-likeness (QED) is 0.618. The summed E-state index contributed by atoms with van der Waals surface area (Å²) < 4.78 is 10.8. The van der Waals surface area contributed by atoms with Crippen molar-refractivity contribution in [1.29, 1.82) is 0 Å². The zero-order valence-electron chi connectivity index (χ0n) is 11.9. The monoisotopic (exact) mass is 261 g/mol. The number of isocyanates is 1. The minimum Gasteiger partial charge on any atom is -0.493 e. The van der Waals surface area contributed by atoms with Gasteiger partial charge in [-0.05, 0) is 55.9 Å². The number of carbonyl (C=O) groups excluding carboxylic acids is 1. The number of nitrogens with zero attached hydrogens (tertiary/aromatic N) is 1. The molecule has 0 N–H and O–H groups in total. The maximum absolute atomic E-state index is 10.7. The molecule has 0 radical (unpaired) electrons. The summed E-state index contributed by atoms with van der Waals surface area (Å²) in [5.74, 6) is 1.43. The van der Waals surface area contributed by atoms with Crippen molar-refractivity contribution in [1.82, 2.24) is 0 Å². The van der Waals surface area contributed by atoms with E-state index in [0.717, 1.165) is 41.7 Å². The molecule has 4 heteroatoms. The van der Waals surface area contributed by atoms with Crippen LogP contribution < -0.4 is 9.47 Å². The van der Waals surface area contributed by atoms with Crippen LogP contribution in [-0.4, -0.2) is 20.3 Å². The normalized spacial score (nSPS) is 16.2. The lowest BCUT2D eigenvalue weighted by Crippen LogP contribution is -2.33. The molecule has 0 aromatic heterocycles. The zero-order chi connectivity index (χ0) is 14.0. The third-order valence-corrected chi connectivity index (χ3v) is 4.17. The smallest absolute Gasteiger partial charge is 0.235 e. The van der Waals surface area contributed by atoms with Crippen LogP contribution in [0.25, 0.3) is 0 Å². The molecule has 0 spiro atoms. The Hall–Kier alpha value is -1.80. The van der Waals surface area contributed by atoms with Crippen LogP contribution in [0.2, 0.25) is 0 Å². The van der Waals surface area contributed by atoms with Crippen LogP contribution >= 0.6 is 0 Å². The lowest BCUT2D eigenvalue weighted by atomic mass is 9.70. The molecule has 1 fully saturated rings. The second-order valence-corrected chi connectivity index (χ2v) is 5.00.